The van der Waals surface area contributed by atoms with Crippen molar-refractivity contribution in [2.45, 2.75) is 19.9 Å². The highest BCUT2D eigenvalue weighted by Gasteiger charge is 1.99. The summed E-state index contributed by atoms with van der Waals surface area (Å²) in [6.07, 6.45) is 0. The second-order valence-corrected chi connectivity index (χ2v) is 2.43. The third-order valence-electron chi connectivity index (χ3n) is 0.741. The van der Waals surface area contributed by atoms with Gasteiger partial charge in [0.05, 0.1) is 6.54 Å². The van der Waals surface area contributed by atoms with Gasteiger partial charge in [0.15, 0.2) is 23.0 Å². The van der Waals surface area contributed by atoms with Crippen molar-refractivity contribution in [1.82, 2.24) is 5.32 Å². The van der Waals surface area contributed by atoms with Crippen LogP contribution in [0.1, 0.15) is 13.8 Å². The van der Waals surface area contributed by atoms with Crippen LogP contribution in [0.3, 0.4) is 0 Å². The molecule has 0 atom stereocenters. The van der Waals surface area contributed by atoms with Crippen LogP contribution in [0, 0.1) is 0 Å². The molecular weight excluding hydrogens is 233 g/mol. The Kier molecular flexibility index (Phi) is 5.07. The lowest BCUT2D eigenvalue weighted by Gasteiger charge is -2.03. The Balaban J connectivity index is 3.17. The fraction of sp³-hybridized carbons (Fsp3) is 0.800. The van der Waals surface area contributed by atoms with E-state index in [-0.39, 0.29) is 5.97 Å². The summed E-state index contributed by atoms with van der Waals surface area (Å²) in [6.45, 7) is 4.24. The fourth-order valence-electron chi connectivity index (χ4n) is 0.315. The Labute approximate surface area is 68.8 Å². The quantitative estimate of drug-likeness (QED) is 0.747. The Morgan fingerprint density at radius 1 is 1.78 bits per heavy atom. The van der Waals surface area contributed by atoms with Crippen molar-refractivity contribution < 1.29 is 7.86 Å². The molecule has 9 heavy (non-hydrogen) atoms. The van der Waals surface area contributed by atoms with E-state index in [4.69, 9.17) is 0 Å². The molecular formula is C5H10INO2. The first-order valence-electron chi connectivity index (χ1n) is 2.71. The van der Waals surface area contributed by atoms with Crippen LogP contribution >= 0.6 is 23.0 Å². The van der Waals surface area contributed by atoms with Gasteiger partial charge in [-0.1, -0.05) is 13.8 Å². The Bertz CT molecular complexity index is 95.0. The highest BCUT2D eigenvalue weighted by Crippen LogP contribution is 1.85. The van der Waals surface area contributed by atoms with Gasteiger partial charge >= 0.3 is 5.97 Å². The maximum Gasteiger partial charge on any atom is 0.329 e. The minimum absolute atomic E-state index is 0.232. The molecule has 0 saturated heterocycles. The summed E-state index contributed by atoms with van der Waals surface area (Å²) < 4.78 is 4.37. The van der Waals surface area contributed by atoms with Crippen LogP contribution < -0.4 is 5.32 Å². The van der Waals surface area contributed by atoms with Crippen molar-refractivity contribution in [2.24, 2.45) is 0 Å². The minimum atomic E-state index is -0.232. The van der Waals surface area contributed by atoms with Crippen molar-refractivity contribution in [3.63, 3.8) is 0 Å². The second kappa shape index (κ2) is 4.99. The minimum Gasteiger partial charge on any atom is -0.394 e. The maximum atomic E-state index is 10.4. The normalized spacial score (nSPS) is 9.78. The molecule has 0 aliphatic rings. The summed E-state index contributed by atoms with van der Waals surface area (Å²) in [4.78, 5) is 10.4. The molecule has 0 aliphatic heterocycles. The van der Waals surface area contributed by atoms with Gasteiger partial charge in [0, 0.05) is 6.04 Å². The zero-order chi connectivity index (χ0) is 7.28. The summed E-state index contributed by atoms with van der Waals surface area (Å²) in [5, 5.41) is 2.92. The third kappa shape index (κ3) is 6.04. The number of rotatable bonds is 3. The van der Waals surface area contributed by atoms with Gasteiger partial charge in [-0.25, -0.2) is 4.79 Å². The summed E-state index contributed by atoms with van der Waals surface area (Å²) in [6, 6.07) is 0.334. The van der Waals surface area contributed by atoms with E-state index in [1.165, 1.54) is 0 Å². The van der Waals surface area contributed by atoms with Crippen LogP contribution in [-0.2, 0) is 7.86 Å². The van der Waals surface area contributed by atoms with Crippen LogP contribution in [0.5, 0.6) is 0 Å². The van der Waals surface area contributed by atoms with E-state index < -0.39 is 0 Å². The first kappa shape index (κ1) is 9.16. The van der Waals surface area contributed by atoms with Crippen LogP contribution in [0.4, 0.5) is 0 Å². The summed E-state index contributed by atoms with van der Waals surface area (Å²) in [5.41, 5.74) is 0. The van der Waals surface area contributed by atoms with Crippen molar-refractivity contribution >= 4 is 29.0 Å². The Morgan fingerprint density at radius 2 is 2.33 bits per heavy atom. The summed E-state index contributed by atoms with van der Waals surface area (Å²) >= 11 is 1.57. The molecule has 54 valence electrons. The van der Waals surface area contributed by atoms with Crippen molar-refractivity contribution in [3.8, 4) is 0 Å². The largest absolute Gasteiger partial charge is 0.394 e. The smallest absolute Gasteiger partial charge is 0.329 e. The zero-order valence-corrected chi connectivity index (χ0v) is 7.64. The van der Waals surface area contributed by atoms with Crippen LogP contribution in [0.2, 0.25) is 0 Å². The molecule has 0 unspecified atom stereocenters. The highest BCUT2D eigenvalue weighted by molar-refractivity contribution is 14.1. The first-order chi connectivity index (χ1) is 4.16. The second-order valence-electron chi connectivity index (χ2n) is 1.98. The standard InChI is InChI=1S/C5H10INO2/c1-4(2)7-3-5(8)9-6/h4,7H,3H2,1-2H3. The highest BCUT2D eigenvalue weighted by atomic mass is 127. The number of nitrogens with one attached hydrogen (secondary N) is 1. The summed E-state index contributed by atoms with van der Waals surface area (Å²) in [7, 11) is 0. The summed E-state index contributed by atoms with van der Waals surface area (Å²) in [5.74, 6) is -0.232. The molecule has 1 N–H and O–H groups in total. The number of halogens is 1. The molecule has 0 aromatic heterocycles. The zero-order valence-electron chi connectivity index (χ0n) is 5.48. The van der Waals surface area contributed by atoms with Gasteiger partial charge in [0.1, 0.15) is 0 Å². The van der Waals surface area contributed by atoms with Crippen LogP contribution in [-0.4, -0.2) is 18.6 Å². The molecule has 0 saturated carbocycles. The molecule has 0 aliphatic carbocycles. The van der Waals surface area contributed by atoms with E-state index in [1.54, 1.807) is 23.0 Å². The van der Waals surface area contributed by atoms with E-state index in [0.29, 0.717) is 12.6 Å². The Hall–Kier alpha value is 0.160. The SMILES string of the molecule is CC(C)NCC(=O)OI. The number of hydrogen-bond donors (Lipinski definition) is 1. The molecule has 0 rings (SSSR count). The van der Waals surface area contributed by atoms with Gasteiger partial charge in [0.25, 0.3) is 0 Å². The van der Waals surface area contributed by atoms with Crippen molar-refractivity contribution in [1.29, 1.82) is 0 Å². The monoisotopic (exact) mass is 243 g/mol. The van der Waals surface area contributed by atoms with Gasteiger partial charge in [-0.3, -0.25) is 0 Å². The fourth-order valence-corrected chi connectivity index (χ4v) is 0.470. The molecule has 0 bridgehead atoms. The van der Waals surface area contributed by atoms with E-state index >= 15 is 0 Å². The van der Waals surface area contributed by atoms with Crippen molar-refractivity contribution in [2.75, 3.05) is 6.54 Å². The first-order valence-corrected chi connectivity index (χ1v) is 3.59. The Morgan fingerprint density at radius 3 is 2.67 bits per heavy atom. The van der Waals surface area contributed by atoms with Gasteiger partial charge in [-0.15, -0.1) is 0 Å². The van der Waals surface area contributed by atoms with Crippen LogP contribution in [0.25, 0.3) is 0 Å². The number of carbonyl (C=O) groups is 1. The van der Waals surface area contributed by atoms with E-state index in [1.807, 2.05) is 13.8 Å². The number of hydrogen-bond acceptors (Lipinski definition) is 3. The van der Waals surface area contributed by atoms with Gasteiger partial charge in [-0.2, -0.15) is 0 Å². The van der Waals surface area contributed by atoms with E-state index in [2.05, 4.69) is 8.38 Å². The lowest BCUT2D eigenvalue weighted by atomic mass is 10.4. The van der Waals surface area contributed by atoms with Gasteiger partial charge in [-0.05, 0) is 0 Å². The van der Waals surface area contributed by atoms with E-state index in [0.717, 1.165) is 0 Å². The molecule has 0 aromatic carbocycles. The lowest BCUT2D eigenvalue weighted by molar-refractivity contribution is -0.130. The predicted octanol–water partition coefficient (Wildman–Crippen LogP) is 0.878. The average molecular weight is 243 g/mol. The number of carbonyl (C=O) groups excluding carboxylic acids is 1. The average Bonchev–Trinajstić information content (AvgIpc) is 1.83. The van der Waals surface area contributed by atoms with Gasteiger partial charge in [0.2, 0.25) is 0 Å². The molecule has 4 heteroatoms. The van der Waals surface area contributed by atoms with E-state index in [9.17, 15) is 4.79 Å². The molecule has 0 aromatic rings. The third-order valence-corrected chi connectivity index (χ3v) is 1.23. The van der Waals surface area contributed by atoms with Gasteiger partial charge < -0.3 is 8.38 Å². The molecule has 3 nitrogen and oxygen atoms in total. The molecule has 0 radical (unpaired) electrons. The lowest BCUT2D eigenvalue weighted by Crippen LogP contribution is -2.28. The molecule has 0 fully saturated rings. The molecule has 0 amide bonds. The van der Waals surface area contributed by atoms with Crippen LogP contribution in [0.15, 0.2) is 0 Å². The predicted molar refractivity (Wildman–Crippen MR) is 43.3 cm³/mol. The van der Waals surface area contributed by atoms with Crippen molar-refractivity contribution in [3.05, 3.63) is 0 Å². The topological polar surface area (TPSA) is 38.3 Å². The molecule has 0 heterocycles. The molecule has 0 spiro atoms. The maximum absolute atomic E-state index is 10.4.